The first-order valence-electron chi connectivity index (χ1n) is 4.68. The quantitative estimate of drug-likeness (QED) is 0.753. The lowest BCUT2D eigenvalue weighted by Gasteiger charge is -2.12. The molecule has 0 unspecified atom stereocenters. The molecule has 0 bridgehead atoms. The van der Waals surface area contributed by atoms with Crippen molar-refractivity contribution >= 4 is 11.4 Å². The molecule has 2 N–H and O–H groups in total. The third-order valence-electron chi connectivity index (χ3n) is 2.19. The van der Waals surface area contributed by atoms with Crippen LogP contribution in [0.4, 0.5) is 5.69 Å². The molecule has 1 aromatic carbocycles. The van der Waals surface area contributed by atoms with Crippen LogP contribution in [0.1, 0.15) is 5.56 Å². The van der Waals surface area contributed by atoms with Gasteiger partial charge in [0.1, 0.15) is 12.1 Å². The number of nitriles is 2. The van der Waals surface area contributed by atoms with Crippen molar-refractivity contribution in [1.29, 1.82) is 10.5 Å². The number of anilines is 1. The molecule has 0 aliphatic carbocycles. The van der Waals surface area contributed by atoms with Crippen LogP contribution in [-0.4, -0.2) is 14.1 Å². The van der Waals surface area contributed by atoms with E-state index in [9.17, 15) is 0 Å². The molecule has 0 saturated carbocycles. The second kappa shape index (κ2) is 4.86. The van der Waals surface area contributed by atoms with Gasteiger partial charge < -0.3 is 10.6 Å². The SMILES string of the molecule is CN(C)c1ccc(C(N)=C(C#N)C#N)cc1. The van der Waals surface area contributed by atoms with Crippen LogP contribution in [-0.2, 0) is 0 Å². The summed E-state index contributed by atoms with van der Waals surface area (Å²) in [5.41, 5.74) is 7.59. The molecule has 0 radical (unpaired) electrons. The summed E-state index contributed by atoms with van der Waals surface area (Å²) in [5.74, 6) is 0. The summed E-state index contributed by atoms with van der Waals surface area (Å²) in [7, 11) is 3.87. The Morgan fingerprint density at radius 2 is 1.62 bits per heavy atom. The average molecular weight is 212 g/mol. The van der Waals surface area contributed by atoms with Crippen molar-refractivity contribution in [2.75, 3.05) is 19.0 Å². The zero-order valence-corrected chi connectivity index (χ0v) is 9.23. The first kappa shape index (κ1) is 11.6. The molecule has 0 atom stereocenters. The highest BCUT2D eigenvalue weighted by Crippen LogP contribution is 2.17. The van der Waals surface area contributed by atoms with Crippen molar-refractivity contribution in [3.05, 3.63) is 35.4 Å². The van der Waals surface area contributed by atoms with Gasteiger partial charge in [-0.25, -0.2) is 0 Å². The van der Waals surface area contributed by atoms with Crippen LogP contribution in [0.25, 0.3) is 5.70 Å². The summed E-state index contributed by atoms with van der Waals surface area (Å²) >= 11 is 0. The molecule has 4 heteroatoms. The highest BCUT2D eigenvalue weighted by Gasteiger charge is 2.04. The number of rotatable bonds is 2. The van der Waals surface area contributed by atoms with E-state index >= 15 is 0 Å². The maximum absolute atomic E-state index is 8.68. The molecule has 16 heavy (non-hydrogen) atoms. The van der Waals surface area contributed by atoms with E-state index in [0.717, 1.165) is 5.69 Å². The minimum atomic E-state index is -0.0578. The van der Waals surface area contributed by atoms with E-state index < -0.39 is 0 Å². The van der Waals surface area contributed by atoms with E-state index in [1.165, 1.54) is 0 Å². The molecule has 0 aliphatic rings. The van der Waals surface area contributed by atoms with Gasteiger partial charge in [-0.15, -0.1) is 0 Å². The van der Waals surface area contributed by atoms with E-state index in [0.29, 0.717) is 5.56 Å². The van der Waals surface area contributed by atoms with Gasteiger partial charge in [0.15, 0.2) is 5.57 Å². The molecule has 0 spiro atoms. The first-order chi connectivity index (χ1) is 7.60. The van der Waals surface area contributed by atoms with Gasteiger partial charge in [0.25, 0.3) is 0 Å². The lowest BCUT2D eigenvalue weighted by molar-refractivity contribution is 1.13. The van der Waals surface area contributed by atoms with Gasteiger partial charge in [-0.05, 0) is 17.7 Å². The maximum Gasteiger partial charge on any atom is 0.153 e. The Balaban J connectivity index is 3.14. The van der Waals surface area contributed by atoms with Crippen LogP contribution in [0.2, 0.25) is 0 Å². The predicted octanol–water partition coefficient (Wildman–Crippen LogP) is 1.47. The Morgan fingerprint density at radius 3 is 2.00 bits per heavy atom. The predicted molar refractivity (Wildman–Crippen MR) is 63.1 cm³/mol. The van der Waals surface area contributed by atoms with E-state index in [1.807, 2.05) is 31.1 Å². The van der Waals surface area contributed by atoms with Crippen LogP contribution < -0.4 is 10.6 Å². The number of allylic oxidation sites excluding steroid dienone is 1. The smallest absolute Gasteiger partial charge is 0.153 e. The van der Waals surface area contributed by atoms with Crippen molar-refractivity contribution in [2.24, 2.45) is 5.73 Å². The minimum Gasteiger partial charge on any atom is -0.397 e. The molecular weight excluding hydrogens is 200 g/mol. The van der Waals surface area contributed by atoms with Gasteiger partial charge in [-0.3, -0.25) is 0 Å². The molecule has 0 fully saturated rings. The number of nitrogens with two attached hydrogens (primary N) is 1. The Kier molecular flexibility index (Phi) is 3.53. The van der Waals surface area contributed by atoms with Gasteiger partial charge in [0.2, 0.25) is 0 Å². The van der Waals surface area contributed by atoms with Crippen LogP contribution in [0.5, 0.6) is 0 Å². The molecule has 1 aromatic rings. The molecule has 80 valence electrons. The largest absolute Gasteiger partial charge is 0.397 e. The summed E-state index contributed by atoms with van der Waals surface area (Å²) in [6.45, 7) is 0. The van der Waals surface area contributed by atoms with E-state index in [2.05, 4.69) is 0 Å². The van der Waals surface area contributed by atoms with Crippen molar-refractivity contribution in [1.82, 2.24) is 0 Å². The molecule has 0 heterocycles. The normalized spacial score (nSPS) is 8.75. The van der Waals surface area contributed by atoms with Gasteiger partial charge in [0.05, 0.1) is 5.70 Å². The summed E-state index contributed by atoms with van der Waals surface area (Å²) < 4.78 is 0. The van der Waals surface area contributed by atoms with Crippen LogP contribution in [0.3, 0.4) is 0 Å². The van der Waals surface area contributed by atoms with Crippen molar-refractivity contribution < 1.29 is 0 Å². The highest BCUT2D eigenvalue weighted by atomic mass is 15.1. The molecular formula is C12H12N4. The fourth-order valence-corrected chi connectivity index (χ4v) is 1.23. The third-order valence-corrected chi connectivity index (χ3v) is 2.19. The Bertz CT molecular complexity index is 467. The zero-order valence-electron chi connectivity index (χ0n) is 9.23. The number of nitrogens with zero attached hydrogens (tertiary/aromatic N) is 3. The first-order valence-corrected chi connectivity index (χ1v) is 4.68. The Morgan fingerprint density at radius 1 is 1.12 bits per heavy atom. The third kappa shape index (κ3) is 2.31. The molecule has 4 nitrogen and oxygen atoms in total. The van der Waals surface area contributed by atoms with Gasteiger partial charge in [0, 0.05) is 19.8 Å². The second-order valence-electron chi connectivity index (χ2n) is 3.45. The fraction of sp³-hybridized carbons (Fsp3) is 0.167. The lowest BCUT2D eigenvalue weighted by Crippen LogP contribution is -2.08. The molecule has 0 saturated heterocycles. The monoisotopic (exact) mass is 212 g/mol. The topological polar surface area (TPSA) is 76.8 Å². The lowest BCUT2D eigenvalue weighted by atomic mass is 10.1. The average Bonchev–Trinajstić information content (AvgIpc) is 2.30. The van der Waals surface area contributed by atoms with E-state index in [-0.39, 0.29) is 11.3 Å². The number of benzene rings is 1. The van der Waals surface area contributed by atoms with Crippen molar-refractivity contribution in [2.45, 2.75) is 0 Å². The molecule has 1 rings (SSSR count). The molecule has 0 aromatic heterocycles. The maximum atomic E-state index is 8.68. The van der Waals surface area contributed by atoms with Crippen molar-refractivity contribution in [3.8, 4) is 12.1 Å². The fourth-order valence-electron chi connectivity index (χ4n) is 1.23. The summed E-state index contributed by atoms with van der Waals surface area (Å²) in [4.78, 5) is 1.96. The van der Waals surface area contributed by atoms with Gasteiger partial charge in [-0.1, -0.05) is 12.1 Å². The van der Waals surface area contributed by atoms with Crippen LogP contribution >= 0.6 is 0 Å². The van der Waals surface area contributed by atoms with E-state index in [1.54, 1.807) is 24.3 Å². The number of hydrogen-bond acceptors (Lipinski definition) is 4. The summed E-state index contributed by atoms with van der Waals surface area (Å²) in [5, 5.41) is 17.4. The summed E-state index contributed by atoms with van der Waals surface area (Å²) in [6, 6.07) is 10.9. The summed E-state index contributed by atoms with van der Waals surface area (Å²) in [6.07, 6.45) is 0. The molecule has 0 amide bonds. The van der Waals surface area contributed by atoms with Gasteiger partial charge in [-0.2, -0.15) is 10.5 Å². The van der Waals surface area contributed by atoms with Gasteiger partial charge >= 0.3 is 0 Å². The molecule has 0 aliphatic heterocycles. The van der Waals surface area contributed by atoms with Crippen molar-refractivity contribution in [3.63, 3.8) is 0 Å². The number of hydrogen-bond donors (Lipinski definition) is 1. The van der Waals surface area contributed by atoms with Crippen LogP contribution in [0.15, 0.2) is 29.8 Å². The Hall–Kier alpha value is -2.46. The minimum absolute atomic E-state index is 0.0578. The van der Waals surface area contributed by atoms with Crippen LogP contribution in [0, 0.1) is 22.7 Å². The zero-order chi connectivity index (χ0) is 12.1. The highest BCUT2D eigenvalue weighted by molar-refractivity contribution is 5.73. The van der Waals surface area contributed by atoms with E-state index in [4.69, 9.17) is 16.3 Å². The Labute approximate surface area is 94.8 Å². The second-order valence-corrected chi connectivity index (χ2v) is 3.45. The standard InChI is InChI=1S/C12H12N4/c1-16(2)11-5-3-9(4-6-11)12(15)10(7-13)8-14/h3-6H,15H2,1-2H3.